The Kier molecular flexibility index (Phi) is 12.0. The van der Waals surface area contributed by atoms with Crippen molar-refractivity contribution in [2.45, 2.75) is 82.6 Å². The summed E-state index contributed by atoms with van der Waals surface area (Å²) in [5, 5.41) is 13.6. The highest BCUT2D eigenvalue weighted by molar-refractivity contribution is 7.09. The van der Waals surface area contributed by atoms with Crippen LogP contribution in [-0.2, 0) is 29.0 Å². The van der Waals surface area contributed by atoms with E-state index in [0.29, 0.717) is 45.2 Å². The van der Waals surface area contributed by atoms with E-state index in [1.807, 2.05) is 53.4 Å². The zero-order valence-corrected chi connectivity index (χ0v) is 26.6. The third-order valence-electron chi connectivity index (χ3n) is 8.78. The van der Waals surface area contributed by atoms with Gasteiger partial charge in [0, 0.05) is 44.7 Å². The number of carbonyl (C=O) groups excluding carboxylic acids is 3. The number of amides is 3. The van der Waals surface area contributed by atoms with E-state index < -0.39 is 18.2 Å². The Morgan fingerprint density at radius 3 is 2.31 bits per heavy atom. The minimum absolute atomic E-state index is 0.00197. The minimum Gasteiger partial charge on any atom is -0.444 e. The van der Waals surface area contributed by atoms with Crippen LogP contribution in [0.1, 0.15) is 60.9 Å². The number of carbonyl (C=O) groups is 3. The van der Waals surface area contributed by atoms with Crippen molar-refractivity contribution < 1.29 is 24.2 Å². The number of thiazole rings is 1. The summed E-state index contributed by atoms with van der Waals surface area (Å²) in [6.45, 7) is 1.76. The van der Waals surface area contributed by atoms with Crippen LogP contribution in [0.4, 0.5) is 9.59 Å². The Morgan fingerprint density at radius 2 is 1.64 bits per heavy atom. The average molecular weight is 633 g/mol. The number of urea groups is 1. The van der Waals surface area contributed by atoms with Gasteiger partial charge in [0.15, 0.2) is 5.78 Å². The zero-order valence-electron chi connectivity index (χ0n) is 25.8. The Bertz CT molecular complexity index is 1350. The monoisotopic (exact) mass is 632 g/mol. The van der Waals surface area contributed by atoms with E-state index in [9.17, 15) is 19.5 Å². The number of Topliss-reactive ketones (excluding diaryl/α,β-unsaturated/α-hetero) is 1. The maximum absolute atomic E-state index is 13.9. The molecule has 2 aliphatic rings. The molecule has 4 atom stereocenters. The number of aliphatic hydroxyl groups excluding tert-OH is 1. The van der Waals surface area contributed by atoms with Gasteiger partial charge in [-0.15, -0.1) is 11.3 Å². The minimum atomic E-state index is -0.698. The highest BCUT2D eigenvalue weighted by atomic mass is 32.1. The van der Waals surface area contributed by atoms with Gasteiger partial charge in [0.25, 0.3) is 0 Å². The first-order chi connectivity index (χ1) is 21.9. The van der Waals surface area contributed by atoms with Crippen LogP contribution in [0.25, 0.3) is 0 Å². The molecule has 2 fully saturated rings. The van der Waals surface area contributed by atoms with Crippen LogP contribution in [0.5, 0.6) is 0 Å². The molecule has 0 bridgehead atoms. The van der Waals surface area contributed by atoms with Gasteiger partial charge in [-0.3, -0.25) is 9.78 Å². The standard InChI is InChI=1S/C35H44N4O5S/c40-30-21-32(39(23-30)35(43)38-16-8-3-9-17-38)33(41)20-28(18-26-10-4-1-5-11-26)14-15-29(19-27-12-6-2-7-13-27)37-34(42)44-24-31-22-36-25-45-31/h1-2,4-7,10-13,22,25,28-30,32,40H,3,8-9,14-21,23-24H2,(H,37,42)/t28-,29-,30+,32-/m0/s1. The molecular weight excluding hydrogens is 588 g/mol. The SMILES string of the molecule is O=C(N[C@@H](CC[C@H](CC(=O)[C@@H]1C[C@@H](O)CN1C(=O)N1CCCCC1)Cc1ccccc1)Cc1ccccc1)OCc1cncs1. The summed E-state index contributed by atoms with van der Waals surface area (Å²) in [4.78, 5) is 48.4. The van der Waals surface area contributed by atoms with Crippen molar-refractivity contribution in [1.82, 2.24) is 20.1 Å². The molecule has 240 valence electrons. The first kappa shape index (κ1) is 32.6. The fourth-order valence-electron chi connectivity index (χ4n) is 6.46. The molecule has 2 saturated heterocycles. The van der Waals surface area contributed by atoms with Gasteiger partial charge in [-0.2, -0.15) is 0 Å². The van der Waals surface area contributed by atoms with Crippen LogP contribution in [0.3, 0.4) is 0 Å². The number of hydrogen-bond donors (Lipinski definition) is 2. The summed E-state index contributed by atoms with van der Waals surface area (Å²) in [6, 6.07) is 19.2. The van der Waals surface area contributed by atoms with Crippen molar-refractivity contribution in [2.24, 2.45) is 5.92 Å². The van der Waals surface area contributed by atoms with Crippen molar-refractivity contribution in [3.8, 4) is 0 Å². The Labute approximate surface area is 269 Å². The number of ether oxygens (including phenoxy) is 1. The molecule has 0 saturated carbocycles. The Morgan fingerprint density at radius 1 is 0.956 bits per heavy atom. The van der Waals surface area contributed by atoms with E-state index in [4.69, 9.17) is 4.74 Å². The maximum atomic E-state index is 13.9. The van der Waals surface area contributed by atoms with E-state index >= 15 is 0 Å². The lowest BCUT2D eigenvalue weighted by Gasteiger charge is -2.33. The predicted octanol–water partition coefficient (Wildman–Crippen LogP) is 5.62. The Balaban J connectivity index is 1.26. The molecule has 0 radical (unpaired) electrons. The van der Waals surface area contributed by atoms with Gasteiger partial charge in [-0.05, 0) is 62.0 Å². The van der Waals surface area contributed by atoms with Crippen LogP contribution in [0.15, 0.2) is 72.4 Å². The Hall–Kier alpha value is -3.76. The van der Waals surface area contributed by atoms with Crippen LogP contribution in [0, 0.1) is 5.92 Å². The highest BCUT2D eigenvalue weighted by Gasteiger charge is 2.41. The van der Waals surface area contributed by atoms with Gasteiger partial charge in [-0.25, -0.2) is 9.59 Å². The van der Waals surface area contributed by atoms with Gasteiger partial charge < -0.3 is 25.0 Å². The summed E-state index contributed by atoms with van der Waals surface area (Å²) in [6.07, 6.45) is 6.82. The third-order valence-corrected chi connectivity index (χ3v) is 9.53. The molecule has 5 rings (SSSR count). The number of piperidine rings is 1. The van der Waals surface area contributed by atoms with Gasteiger partial charge in [-0.1, -0.05) is 60.7 Å². The van der Waals surface area contributed by atoms with Gasteiger partial charge >= 0.3 is 12.1 Å². The van der Waals surface area contributed by atoms with Crippen molar-refractivity contribution in [3.63, 3.8) is 0 Å². The van der Waals surface area contributed by atoms with E-state index in [1.165, 1.54) is 11.3 Å². The molecule has 0 spiro atoms. The van der Waals surface area contributed by atoms with Crippen molar-refractivity contribution in [3.05, 3.63) is 88.4 Å². The topological polar surface area (TPSA) is 112 Å². The third kappa shape index (κ3) is 9.86. The highest BCUT2D eigenvalue weighted by Crippen LogP contribution is 2.27. The second-order valence-corrected chi connectivity index (χ2v) is 13.2. The van der Waals surface area contributed by atoms with Crippen LogP contribution >= 0.6 is 11.3 Å². The van der Waals surface area contributed by atoms with E-state index in [1.54, 1.807) is 16.6 Å². The van der Waals surface area contributed by atoms with Gasteiger partial charge in [0.05, 0.1) is 22.5 Å². The number of aliphatic hydroxyl groups is 1. The van der Waals surface area contributed by atoms with Crippen LogP contribution in [0.2, 0.25) is 0 Å². The number of nitrogens with zero attached hydrogens (tertiary/aromatic N) is 3. The molecule has 2 N–H and O–H groups in total. The van der Waals surface area contributed by atoms with Crippen molar-refractivity contribution in [2.75, 3.05) is 19.6 Å². The fourth-order valence-corrected chi connectivity index (χ4v) is 6.97. The molecule has 2 aliphatic heterocycles. The number of nitrogens with one attached hydrogen (secondary N) is 1. The normalized spacial score (nSPS) is 19.6. The smallest absolute Gasteiger partial charge is 0.407 e. The molecule has 1 aromatic heterocycles. The van der Waals surface area contributed by atoms with E-state index in [-0.39, 0.29) is 43.3 Å². The first-order valence-corrected chi connectivity index (χ1v) is 17.0. The zero-order chi connectivity index (χ0) is 31.4. The van der Waals surface area contributed by atoms with Crippen molar-refractivity contribution >= 4 is 29.2 Å². The number of rotatable bonds is 13. The lowest BCUT2D eigenvalue weighted by molar-refractivity contribution is -0.123. The number of aromatic nitrogens is 1. The predicted molar refractivity (Wildman–Crippen MR) is 174 cm³/mol. The number of likely N-dealkylation sites (tertiary alicyclic amines) is 2. The number of ketones is 1. The molecule has 45 heavy (non-hydrogen) atoms. The molecule has 10 heteroatoms. The fraction of sp³-hybridized carbons (Fsp3) is 0.486. The lowest BCUT2D eigenvalue weighted by atomic mass is 9.86. The molecule has 2 aromatic carbocycles. The van der Waals surface area contributed by atoms with E-state index in [0.717, 1.165) is 35.3 Å². The summed E-state index contributed by atoms with van der Waals surface area (Å²) in [5.41, 5.74) is 3.95. The maximum Gasteiger partial charge on any atom is 0.407 e. The number of benzene rings is 2. The molecule has 0 unspecified atom stereocenters. The number of alkyl carbamates (subject to hydrolysis) is 1. The van der Waals surface area contributed by atoms with Crippen molar-refractivity contribution in [1.29, 1.82) is 0 Å². The second kappa shape index (κ2) is 16.5. The lowest BCUT2D eigenvalue weighted by Crippen LogP contribution is -2.49. The van der Waals surface area contributed by atoms with Gasteiger partial charge in [0.2, 0.25) is 0 Å². The summed E-state index contributed by atoms with van der Waals surface area (Å²) in [7, 11) is 0. The molecule has 3 heterocycles. The van der Waals surface area contributed by atoms with E-state index in [2.05, 4.69) is 22.4 Å². The van der Waals surface area contributed by atoms with Crippen LogP contribution in [-0.4, -0.2) is 75.6 Å². The number of β-amino-alcohol motifs (C(OH)–C–C–N with tert-alkyl or cyclic N) is 1. The summed E-state index contributed by atoms with van der Waals surface area (Å²) >= 11 is 1.44. The molecular formula is C35H44N4O5S. The van der Waals surface area contributed by atoms with Crippen LogP contribution < -0.4 is 5.32 Å². The molecule has 9 nitrogen and oxygen atoms in total. The first-order valence-electron chi connectivity index (χ1n) is 16.1. The average Bonchev–Trinajstić information content (AvgIpc) is 3.73. The van der Waals surface area contributed by atoms with Gasteiger partial charge in [0.1, 0.15) is 6.61 Å². The summed E-state index contributed by atoms with van der Waals surface area (Å²) in [5.74, 6) is -0.00718. The number of hydrogen-bond acceptors (Lipinski definition) is 7. The largest absolute Gasteiger partial charge is 0.444 e. The second-order valence-electron chi connectivity index (χ2n) is 12.3. The quantitative estimate of drug-likeness (QED) is 0.253. The summed E-state index contributed by atoms with van der Waals surface area (Å²) < 4.78 is 5.48. The molecule has 3 amide bonds. The molecule has 0 aliphatic carbocycles. The molecule has 3 aromatic rings.